The number of carbonyl (C=O) groups is 3. The highest BCUT2D eigenvalue weighted by molar-refractivity contribution is 5.75. The summed E-state index contributed by atoms with van der Waals surface area (Å²) >= 11 is 0. The normalized spacial score (nSPS) is 10.6. The number of rotatable bonds is 23. The third kappa shape index (κ3) is 23.0. The van der Waals surface area contributed by atoms with Crippen LogP contribution in [0.3, 0.4) is 0 Å². The molecule has 6 amide bonds. The van der Waals surface area contributed by atoms with Crippen LogP contribution in [0.25, 0.3) is 0 Å². The van der Waals surface area contributed by atoms with Crippen LogP contribution in [-0.4, -0.2) is 55.7 Å². The highest BCUT2D eigenvalue weighted by Crippen LogP contribution is 2.13. The molecule has 0 aromatic heterocycles. The highest BCUT2D eigenvalue weighted by atomic mass is 16.2. The molecule has 0 atom stereocenters. The number of hydrogen-bond donors (Lipinski definition) is 5. The van der Waals surface area contributed by atoms with Crippen LogP contribution in [0.1, 0.15) is 110 Å². The van der Waals surface area contributed by atoms with E-state index in [9.17, 15) is 14.4 Å². The van der Waals surface area contributed by atoms with Crippen molar-refractivity contribution in [3.63, 3.8) is 0 Å². The van der Waals surface area contributed by atoms with E-state index in [-0.39, 0.29) is 19.1 Å². The lowest BCUT2D eigenvalue weighted by Gasteiger charge is -2.23. The van der Waals surface area contributed by atoms with E-state index in [1.165, 1.54) is 94.8 Å². The van der Waals surface area contributed by atoms with Crippen molar-refractivity contribution in [2.45, 2.75) is 110 Å². The molecule has 7 N–H and O–H groups in total. The Hall–Kier alpha value is -2.19. The molecule has 0 unspecified atom stereocenters. The van der Waals surface area contributed by atoms with Gasteiger partial charge in [0.15, 0.2) is 0 Å². The van der Waals surface area contributed by atoms with E-state index < -0.39 is 12.1 Å². The van der Waals surface area contributed by atoms with Gasteiger partial charge in [-0.05, 0) is 6.42 Å². The minimum atomic E-state index is -0.635. The van der Waals surface area contributed by atoms with Gasteiger partial charge >= 0.3 is 18.1 Å². The highest BCUT2D eigenvalue weighted by Gasteiger charge is 2.12. The van der Waals surface area contributed by atoms with Crippen LogP contribution in [0.15, 0.2) is 0 Å². The summed E-state index contributed by atoms with van der Waals surface area (Å²) in [5.74, 6) is 0. The molecule has 9 heteroatoms. The zero-order valence-corrected chi connectivity index (χ0v) is 21.7. The molecule has 0 fully saturated rings. The van der Waals surface area contributed by atoms with Crippen LogP contribution in [0.2, 0.25) is 0 Å². The summed E-state index contributed by atoms with van der Waals surface area (Å²) in [6, 6.07) is -1.49. The van der Waals surface area contributed by atoms with Crippen molar-refractivity contribution in [1.29, 1.82) is 0 Å². The van der Waals surface area contributed by atoms with E-state index in [1.807, 2.05) is 0 Å². The van der Waals surface area contributed by atoms with Crippen molar-refractivity contribution in [2.75, 3.05) is 32.7 Å². The Balaban J connectivity index is 3.63. The van der Waals surface area contributed by atoms with Gasteiger partial charge in [0.05, 0.1) is 0 Å². The molecule has 0 rings (SSSR count). The number of amides is 6. The van der Waals surface area contributed by atoms with Crippen molar-refractivity contribution in [1.82, 2.24) is 20.9 Å². The SMILES string of the molecule is CCCCCCCCCCCCCCCCCCNC(=O)N(CCNC(N)=O)CCNC(N)=O. The van der Waals surface area contributed by atoms with Gasteiger partial charge in [-0.1, -0.05) is 103 Å². The molecule has 9 nitrogen and oxygen atoms in total. The van der Waals surface area contributed by atoms with Gasteiger partial charge < -0.3 is 32.3 Å². The smallest absolute Gasteiger partial charge is 0.317 e. The van der Waals surface area contributed by atoms with Crippen LogP contribution in [-0.2, 0) is 0 Å². The van der Waals surface area contributed by atoms with Crippen molar-refractivity contribution < 1.29 is 14.4 Å². The van der Waals surface area contributed by atoms with Gasteiger partial charge in [-0.15, -0.1) is 0 Å². The molecule has 0 aliphatic rings. The first-order chi connectivity index (χ1) is 16.5. The Kier molecular flexibility index (Phi) is 22.4. The number of hydrogen-bond acceptors (Lipinski definition) is 3. The number of unbranched alkanes of at least 4 members (excludes halogenated alkanes) is 15. The molecule has 200 valence electrons. The van der Waals surface area contributed by atoms with E-state index in [0.717, 1.165) is 12.8 Å². The van der Waals surface area contributed by atoms with Crippen LogP contribution < -0.4 is 27.4 Å². The summed E-state index contributed by atoms with van der Waals surface area (Å²) < 4.78 is 0. The molecule has 0 aliphatic carbocycles. The first kappa shape index (κ1) is 31.8. The van der Waals surface area contributed by atoms with Gasteiger partial charge in [0.1, 0.15) is 0 Å². The maximum absolute atomic E-state index is 12.4. The second kappa shape index (κ2) is 24.0. The van der Waals surface area contributed by atoms with Gasteiger partial charge in [0.2, 0.25) is 0 Å². The van der Waals surface area contributed by atoms with Crippen molar-refractivity contribution in [3.05, 3.63) is 0 Å². The molecule has 0 saturated heterocycles. The van der Waals surface area contributed by atoms with Crippen molar-refractivity contribution in [2.24, 2.45) is 11.5 Å². The molecule has 0 bridgehead atoms. The fourth-order valence-corrected chi connectivity index (χ4v) is 3.92. The Morgan fingerprint density at radius 3 is 1.24 bits per heavy atom. The van der Waals surface area contributed by atoms with E-state index in [0.29, 0.717) is 19.6 Å². The zero-order chi connectivity index (χ0) is 25.3. The monoisotopic (exact) mass is 484 g/mol. The topological polar surface area (TPSA) is 143 Å². The molecular weight excluding hydrogens is 432 g/mol. The standard InChI is InChI=1S/C25H52N6O3/c1-2-3-4-5-6-7-8-9-10-11-12-13-14-15-16-17-18-30-25(34)31(21-19-28-23(26)32)22-20-29-24(27)33/h2-22H2,1H3,(H,30,34)(H3,26,28,32)(H3,27,29,33). The lowest BCUT2D eigenvalue weighted by atomic mass is 10.0. The number of nitrogens with zero attached hydrogens (tertiary/aromatic N) is 1. The molecule has 34 heavy (non-hydrogen) atoms. The summed E-state index contributed by atoms with van der Waals surface area (Å²) in [6.07, 6.45) is 21.0. The lowest BCUT2D eigenvalue weighted by molar-refractivity contribution is 0.196. The average Bonchev–Trinajstić information content (AvgIpc) is 2.79. The molecule has 0 spiro atoms. The average molecular weight is 485 g/mol. The Morgan fingerprint density at radius 2 is 0.882 bits per heavy atom. The third-order valence-corrected chi connectivity index (χ3v) is 5.96. The van der Waals surface area contributed by atoms with E-state index in [4.69, 9.17) is 11.5 Å². The zero-order valence-electron chi connectivity index (χ0n) is 21.7. The van der Waals surface area contributed by atoms with Crippen LogP contribution in [0.4, 0.5) is 14.4 Å². The largest absolute Gasteiger partial charge is 0.352 e. The third-order valence-electron chi connectivity index (χ3n) is 5.96. The fourth-order valence-electron chi connectivity index (χ4n) is 3.92. The van der Waals surface area contributed by atoms with Gasteiger partial charge in [0, 0.05) is 32.7 Å². The predicted octanol–water partition coefficient (Wildman–Crippen LogP) is 4.60. The first-order valence-corrected chi connectivity index (χ1v) is 13.6. The van der Waals surface area contributed by atoms with Gasteiger partial charge in [-0.3, -0.25) is 0 Å². The summed E-state index contributed by atoms with van der Waals surface area (Å²) in [7, 11) is 0. The summed E-state index contributed by atoms with van der Waals surface area (Å²) in [6.45, 7) is 3.97. The molecule has 0 heterocycles. The van der Waals surface area contributed by atoms with Crippen LogP contribution in [0, 0.1) is 0 Å². The minimum Gasteiger partial charge on any atom is -0.352 e. The number of nitrogens with one attached hydrogen (secondary N) is 3. The molecule has 0 aliphatic heterocycles. The van der Waals surface area contributed by atoms with E-state index in [1.54, 1.807) is 0 Å². The Morgan fingerprint density at radius 1 is 0.529 bits per heavy atom. The first-order valence-electron chi connectivity index (χ1n) is 13.6. The summed E-state index contributed by atoms with van der Waals surface area (Å²) in [5, 5.41) is 7.83. The predicted molar refractivity (Wildman–Crippen MR) is 140 cm³/mol. The second-order valence-corrected chi connectivity index (χ2v) is 9.10. The van der Waals surface area contributed by atoms with Gasteiger partial charge in [0.25, 0.3) is 0 Å². The van der Waals surface area contributed by atoms with Crippen LogP contribution in [0.5, 0.6) is 0 Å². The molecule has 0 aromatic rings. The fraction of sp³-hybridized carbons (Fsp3) is 0.880. The van der Waals surface area contributed by atoms with Crippen molar-refractivity contribution >= 4 is 18.1 Å². The van der Waals surface area contributed by atoms with Crippen LogP contribution >= 0.6 is 0 Å². The van der Waals surface area contributed by atoms with Gasteiger partial charge in [-0.2, -0.15) is 0 Å². The number of primary amides is 2. The molecular formula is C25H52N6O3. The summed E-state index contributed by atoms with van der Waals surface area (Å²) in [5.41, 5.74) is 10.1. The summed E-state index contributed by atoms with van der Waals surface area (Å²) in [4.78, 5) is 35.5. The van der Waals surface area contributed by atoms with Gasteiger partial charge in [-0.25, -0.2) is 14.4 Å². The number of urea groups is 3. The lowest BCUT2D eigenvalue weighted by Crippen LogP contribution is -2.48. The number of nitrogens with two attached hydrogens (primary N) is 2. The molecule has 0 saturated carbocycles. The Labute approximate surface area is 207 Å². The second-order valence-electron chi connectivity index (χ2n) is 9.10. The Bertz CT molecular complexity index is 499. The maximum atomic E-state index is 12.4. The van der Waals surface area contributed by atoms with E-state index >= 15 is 0 Å². The minimum absolute atomic E-state index is 0.224. The molecule has 0 aromatic carbocycles. The molecule has 0 radical (unpaired) electrons. The quantitative estimate of drug-likeness (QED) is 0.135. The number of carbonyl (C=O) groups excluding carboxylic acids is 3. The maximum Gasteiger partial charge on any atom is 0.317 e. The van der Waals surface area contributed by atoms with Crippen molar-refractivity contribution in [3.8, 4) is 0 Å². The van der Waals surface area contributed by atoms with E-state index in [2.05, 4.69) is 22.9 Å².